The summed E-state index contributed by atoms with van der Waals surface area (Å²) in [6.45, 7) is 6.86. The summed E-state index contributed by atoms with van der Waals surface area (Å²) in [6, 6.07) is 0. The standard InChI is InChI=1S/C20H31N5O4/c1-14-15(12-21-19(22-14)25-9-7-23(2)8-10-25)18(28)24-5-3-20(4-6-24)11-16(26)17(27)13-29-20/h12,16-17,26-27H,3-11,13H2,1-2H3/t16-,17+/m1/s1. The summed E-state index contributed by atoms with van der Waals surface area (Å²) in [4.78, 5) is 28.4. The van der Waals surface area contributed by atoms with E-state index in [0.29, 0.717) is 49.6 Å². The summed E-state index contributed by atoms with van der Waals surface area (Å²) in [5.74, 6) is 0.631. The Labute approximate surface area is 171 Å². The highest BCUT2D eigenvalue weighted by Gasteiger charge is 2.43. The number of ether oxygens (including phenoxy) is 1. The van der Waals surface area contributed by atoms with E-state index in [2.05, 4.69) is 26.8 Å². The van der Waals surface area contributed by atoms with Crippen molar-refractivity contribution in [2.24, 2.45) is 0 Å². The Balaban J connectivity index is 1.39. The Morgan fingerprint density at radius 1 is 1.14 bits per heavy atom. The van der Waals surface area contributed by atoms with Crippen molar-refractivity contribution in [2.75, 3.05) is 57.8 Å². The quantitative estimate of drug-likeness (QED) is 0.689. The Hall–Kier alpha value is -1.81. The van der Waals surface area contributed by atoms with Crippen LogP contribution < -0.4 is 4.90 Å². The monoisotopic (exact) mass is 405 g/mol. The number of hydrogen-bond donors (Lipinski definition) is 2. The molecule has 0 aromatic carbocycles. The number of likely N-dealkylation sites (N-methyl/N-ethyl adjacent to an activating group) is 1. The van der Waals surface area contributed by atoms with Gasteiger partial charge in [-0.2, -0.15) is 0 Å². The maximum atomic E-state index is 13.0. The smallest absolute Gasteiger partial charge is 0.257 e. The second kappa shape index (κ2) is 8.14. The van der Waals surface area contributed by atoms with E-state index in [0.717, 1.165) is 26.2 Å². The van der Waals surface area contributed by atoms with Crippen LogP contribution in [-0.4, -0.2) is 107 Å². The van der Waals surface area contributed by atoms with Crippen LogP contribution in [0, 0.1) is 6.92 Å². The van der Waals surface area contributed by atoms with Crippen molar-refractivity contribution in [3.8, 4) is 0 Å². The molecule has 0 unspecified atom stereocenters. The summed E-state index contributed by atoms with van der Waals surface area (Å²) in [6.07, 6.45) is 1.80. The maximum Gasteiger partial charge on any atom is 0.257 e. The van der Waals surface area contributed by atoms with Crippen LogP contribution in [0.3, 0.4) is 0 Å². The van der Waals surface area contributed by atoms with Crippen molar-refractivity contribution < 1.29 is 19.7 Å². The van der Waals surface area contributed by atoms with Crippen molar-refractivity contribution in [1.29, 1.82) is 0 Å². The summed E-state index contributed by atoms with van der Waals surface area (Å²) < 4.78 is 5.86. The zero-order valence-corrected chi connectivity index (χ0v) is 17.3. The number of anilines is 1. The minimum Gasteiger partial charge on any atom is -0.390 e. The third kappa shape index (κ3) is 4.23. The van der Waals surface area contributed by atoms with Crippen LogP contribution in [0.5, 0.6) is 0 Å². The topological polar surface area (TPSA) is 102 Å². The molecule has 3 aliphatic rings. The fourth-order valence-electron chi connectivity index (χ4n) is 4.41. The first-order chi connectivity index (χ1) is 13.9. The van der Waals surface area contributed by atoms with E-state index in [4.69, 9.17) is 4.74 Å². The first-order valence-corrected chi connectivity index (χ1v) is 10.4. The molecule has 1 spiro atoms. The number of carbonyl (C=O) groups is 1. The van der Waals surface area contributed by atoms with Gasteiger partial charge >= 0.3 is 0 Å². The van der Waals surface area contributed by atoms with Gasteiger partial charge in [0, 0.05) is 51.9 Å². The summed E-state index contributed by atoms with van der Waals surface area (Å²) in [5, 5.41) is 19.7. The number of hydrogen-bond acceptors (Lipinski definition) is 8. The van der Waals surface area contributed by atoms with Crippen LogP contribution in [0.4, 0.5) is 5.95 Å². The molecule has 160 valence electrons. The molecule has 0 bridgehead atoms. The molecule has 1 amide bonds. The predicted molar refractivity (Wildman–Crippen MR) is 107 cm³/mol. The number of aliphatic hydroxyl groups excluding tert-OH is 2. The van der Waals surface area contributed by atoms with Gasteiger partial charge in [-0.3, -0.25) is 4.79 Å². The molecule has 2 N–H and O–H groups in total. The number of aliphatic hydroxyl groups is 2. The number of aromatic nitrogens is 2. The van der Waals surface area contributed by atoms with E-state index in [1.807, 2.05) is 11.8 Å². The third-order valence-corrected chi connectivity index (χ3v) is 6.53. The van der Waals surface area contributed by atoms with Gasteiger partial charge in [-0.25, -0.2) is 9.97 Å². The number of nitrogens with zero attached hydrogens (tertiary/aromatic N) is 5. The lowest BCUT2D eigenvalue weighted by Gasteiger charge is -2.46. The zero-order chi connectivity index (χ0) is 20.6. The van der Waals surface area contributed by atoms with E-state index in [9.17, 15) is 15.0 Å². The van der Waals surface area contributed by atoms with Gasteiger partial charge in [0.1, 0.15) is 6.10 Å². The average Bonchev–Trinajstić information content (AvgIpc) is 2.72. The van der Waals surface area contributed by atoms with Crippen molar-refractivity contribution in [1.82, 2.24) is 19.8 Å². The van der Waals surface area contributed by atoms with Crippen LogP contribution in [0.1, 0.15) is 35.3 Å². The lowest BCUT2D eigenvalue weighted by atomic mass is 9.82. The number of piperidine rings is 1. The average molecular weight is 405 g/mol. The van der Waals surface area contributed by atoms with Crippen LogP contribution in [0.25, 0.3) is 0 Å². The Morgan fingerprint density at radius 2 is 1.83 bits per heavy atom. The van der Waals surface area contributed by atoms with E-state index < -0.39 is 17.8 Å². The molecule has 3 saturated heterocycles. The molecule has 3 fully saturated rings. The minimum atomic E-state index is -0.820. The van der Waals surface area contributed by atoms with Crippen molar-refractivity contribution >= 4 is 11.9 Å². The van der Waals surface area contributed by atoms with Gasteiger partial charge in [0.05, 0.1) is 29.6 Å². The zero-order valence-electron chi connectivity index (χ0n) is 17.3. The van der Waals surface area contributed by atoms with Gasteiger partial charge in [-0.05, 0) is 26.8 Å². The fourth-order valence-corrected chi connectivity index (χ4v) is 4.41. The fraction of sp³-hybridized carbons (Fsp3) is 0.750. The predicted octanol–water partition coefficient (Wildman–Crippen LogP) is -0.346. The van der Waals surface area contributed by atoms with Gasteiger partial charge in [0.25, 0.3) is 5.91 Å². The van der Waals surface area contributed by atoms with Gasteiger partial charge in [-0.15, -0.1) is 0 Å². The lowest BCUT2D eigenvalue weighted by Crippen LogP contribution is -2.55. The molecule has 0 radical (unpaired) electrons. The van der Waals surface area contributed by atoms with Gasteiger partial charge < -0.3 is 29.6 Å². The Kier molecular flexibility index (Phi) is 5.74. The number of carbonyl (C=O) groups excluding carboxylic acids is 1. The van der Waals surface area contributed by atoms with Gasteiger partial charge in [-0.1, -0.05) is 0 Å². The van der Waals surface area contributed by atoms with Crippen LogP contribution in [0.2, 0.25) is 0 Å². The second-order valence-electron chi connectivity index (χ2n) is 8.58. The molecule has 4 heterocycles. The molecule has 2 atom stereocenters. The highest BCUT2D eigenvalue weighted by Crippen LogP contribution is 2.35. The molecule has 0 saturated carbocycles. The van der Waals surface area contributed by atoms with Crippen molar-refractivity contribution in [2.45, 2.75) is 44.0 Å². The molecular formula is C20H31N5O4. The second-order valence-corrected chi connectivity index (χ2v) is 8.58. The van der Waals surface area contributed by atoms with Crippen LogP contribution >= 0.6 is 0 Å². The van der Waals surface area contributed by atoms with Gasteiger partial charge in [0.2, 0.25) is 5.95 Å². The first kappa shape index (κ1) is 20.5. The SMILES string of the molecule is Cc1nc(N2CCN(C)CC2)ncc1C(=O)N1CCC2(CC1)C[C@@H](O)[C@@H](O)CO2. The molecule has 1 aromatic rings. The molecule has 9 heteroatoms. The number of amides is 1. The molecular weight excluding hydrogens is 374 g/mol. The maximum absolute atomic E-state index is 13.0. The van der Waals surface area contributed by atoms with E-state index >= 15 is 0 Å². The number of piperazine rings is 1. The third-order valence-electron chi connectivity index (χ3n) is 6.53. The molecule has 4 rings (SSSR count). The molecule has 9 nitrogen and oxygen atoms in total. The molecule has 29 heavy (non-hydrogen) atoms. The minimum absolute atomic E-state index is 0.0568. The first-order valence-electron chi connectivity index (χ1n) is 10.4. The van der Waals surface area contributed by atoms with E-state index in [-0.39, 0.29) is 12.5 Å². The van der Waals surface area contributed by atoms with Crippen molar-refractivity contribution in [3.05, 3.63) is 17.5 Å². The largest absolute Gasteiger partial charge is 0.390 e. The number of aryl methyl sites for hydroxylation is 1. The summed E-state index contributed by atoms with van der Waals surface area (Å²) in [7, 11) is 2.11. The Morgan fingerprint density at radius 3 is 2.45 bits per heavy atom. The highest BCUT2D eigenvalue weighted by molar-refractivity contribution is 5.95. The van der Waals surface area contributed by atoms with E-state index in [1.54, 1.807) is 6.20 Å². The molecule has 3 aliphatic heterocycles. The Bertz CT molecular complexity index is 744. The summed E-state index contributed by atoms with van der Waals surface area (Å²) >= 11 is 0. The number of rotatable bonds is 2. The highest BCUT2D eigenvalue weighted by atomic mass is 16.5. The molecule has 0 aliphatic carbocycles. The normalized spacial score (nSPS) is 28.0. The van der Waals surface area contributed by atoms with Crippen LogP contribution in [-0.2, 0) is 4.74 Å². The lowest BCUT2D eigenvalue weighted by molar-refractivity contribution is -0.185. The molecule has 1 aromatic heterocycles. The van der Waals surface area contributed by atoms with Crippen LogP contribution in [0.15, 0.2) is 6.20 Å². The number of likely N-dealkylation sites (tertiary alicyclic amines) is 1. The van der Waals surface area contributed by atoms with E-state index in [1.165, 1.54) is 0 Å². The summed E-state index contributed by atoms with van der Waals surface area (Å²) in [5.41, 5.74) is 0.803. The van der Waals surface area contributed by atoms with Gasteiger partial charge in [0.15, 0.2) is 0 Å². The van der Waals surface area contributed by atoms with Crippen molar-refractivity contribution in [3.63, 3.8) is 0 Å².